The molecule has 0 radical (unpaired) electrons. The Hall–Kier alpha value is -1.39. The number of aliphatic hydroxyl groups is 1. The smallest absolute Gasteiger partial charge is 0.239 e. The van der Waals surface area contributed by atoms with Gasteiger partial charge in [0.25, 0.3) is 0 Å². The largest absolute Gasteiger partial charge is 0.394 e. The second-order valence-corrected chi connectivity index (χ2v) is 7.28. The molecule has 4 heteroatoms. The Bertz CT molecular complexity index is 625. The van der Waals surface area contributed by atoms with E-state index in [0.29, 0.717) is 12.3 Å². The van der Waals surface area contributed by atoms with Crippen LogP contribution in [-0.2, 0) is 11.2 Å². The van der Waals surface area contributed by atoms with Crippen LogP contribution >= 0.6 is 0 Å². The van der Waals surface area contributed by atoms with E-state index in [0.717, 1.165) is 6.42 Å². The maximum atomic E-state index is 12.4. The Morgan fingerprint density at radius 1 is 1.38 bits per heavy atom. The van der Waals surface area contributed by atoms with E-state index in [1.807, 2.05) is 5.01 Å². The van der Waals surface area contributed by atoms with Gasteiger partial charge in [0.05, 0.1) is 18.7 Å². The van der Waals surface area contributed by atoms with Gasteiger partial charge in [-0.1, -0.05) is 18.2 Å². The molecule has 3 unspecified atom stereocenters. The quantitative estimate of drug-likeness (QED) is 0.856. The van der Waals surface area contributed by atoms with Gasteiger partial charge >= 0.3 is 0 Å². The maximum Gasteiger partial charge on any atom is 0.239 e. The van der Waals surface area contributed by atoms with Crippen LogP contribution in [0.15, 0.2) is 18.2 Å². The Morgan fingerprint density at radius 3 is 2.86 bits per heavy atom. The average molecular weight is 286 g/mol. The molecule has 2 saturated heterocycles. The maximum absolute atomic E-state index is 12.4. The summed E-state index contributed by atoms with van der Waals surface area (Å²) in [7, 11) is 0. The van der Waals surface area contributed by atoms with Crippen LogP contribution in [0.1, 0.15) is 43.0 Å². The summed E-state index contributed by atoms with van der Waals surface area (Å²) in [5.41, 5.74) is 3.89. The zero-order valence-corrected chi connectivity index (χ0v) is 12.8. The Balaban J connectivity index is 1.89. The lowest BCUT2D eigenvalue weighted by atomic mass is 9.90. The van der Waals surface area contributed by atoms with Crippen LogP contribution in [0.3, 0.4) is 0 Å². The molecule has 0 aromatic heterocycles. The summed E-state index contributed by atoms with van der Waals surface area (Å²) in [6.07, 6.45) is 1.50. The van der Waals surface area contributed by atoms with Crippen molar-refractivity contribution >= 4 is 5.91 Å². The second-order valence-electron chi connectivity index (χ2n) is 7.28. The highest BCUT2D eigenvalue weighted by Gasteiger charge is 2.61. The number of aliphatic hydroxyl groups excluding tert-OH is 1. The number of amides is 1. The summed E-state index contributed by atoms with van der Waals surface area (Å²) in [6.45, 7) is 6.48. The van der Waals surface area contributed by atoms with Gasteiger partial charge < -0.3 is 5.11 Å². The van der Waals surface area contributed by atoms with Crippen LogP contribution in [0.2, 0.25) is 0 Å². The van der Waals surface area contributed by atoms with E-state index in [9.17, 15) is 9.90 Å². The molecule has 112 valence electrons. The molecular weight excluding hydrogens is 264 g/mol. The number of benzene rings is 1. The first-order chi connectivity index (χ1) is 9.95. The molecule has 0 saturated carbocycles. The molecule has 4 rings (SSSR count). The van der Waals surface area contributed by atoms with Gasteiger partial charge in [-0.3, -0.25) is 9.80 Å². The van der Waals surface area contributed by atoms with E-state index in [1.165, 1.54) is 16.7 Å². The van der Waals surface area contributed by atoms with Crippen molar-refractivity contribution in [3.8, 4) is 0 Å². The van der Waals surface area contributed by atoms with Crippen LogP contribution in [-0.4, -0.2) is 39.2 Å². The van der Waals surface area contributed by atoms with Crippen LogP contribution in [0.5, 0.6) is 0 Å². The highest BCUT2D eigenvalue weighted by Crippen LogP contribution is 2.55. The Labute approximate surface area is 125 Å². The number of carbonyl (C=O) groups is 1. The first-order valence-corrected chi connectivity index (χ1v) is 7.76. The number of nitrogens with zero attached hydrogens (tertiary/aromatic N) is 2. The number of fused-ring (bicyclic) bond motifs is 5. The van der Waals surface area contributed by atoms with E-state index >= 15 is 0 Å². The van der Waals surface area contributed by atoms with Crippen molar-refractivity contribution in [1.82, 2.24) is 10.0 Å². The molecule has 1 N–H and O–H groups in total. The Kier molecular flexibility index (Phi) is 2.58. The zero-order chi connectivity index (χ0) is 14.9. The van der Waals surface area contributed by atoms with Crippen LogP contribution in [0, 0.1) is 12.8 Å². The molecule has 0 bridgehead atoms. The monoisotopic (exact) mass is 286 g/mol. The summed E-state index contributed by atoms with van der Waals surface area (Å²) < 4.78 is 0. The van der Waals surface area contributed by atoms with Gasteiger partial charge in [-0.2, -0.15) is 0 Å². The van der Waals surface area contributed by atoms with E-state index in [4.69, 9.17) is 0 Å². The van der Waals surface area contributed by atoms with Gasteiger partial charge in [0, 0.05) is 17.9 Å². The van der Waals surface area contributed by atoms with E-state index < -0.39 is 0 Å². The first-order valence-electron chi connectivity index (χ1n) is 7.76. The molecule has 3 aliphatic rings. The molecule has 4 nitrogen and oxygen atoms in total. The molecule has 1 aromatic carbocycles. The van der Waals surface area contributed by atoms with Crippen molar-refractivity contribution in [2.24, 2.45) is 5.92 Å². The lowest BCUT2D eigenvalue weighted by molar-refractivity contribution is -0.142. The molecule has 2 fully saturated rings. The summed E-state index contributed by atoms with van der Waals surface area (Å²) in [5.74, 6) is 0.471. The van der Waals surface area contributed by atoms with Crippen molar-refractivity contribution in [2.75, 3.05) is 6.61 Å². The van der Waals surface area contributed by atoms with Crippen molar-refractivity contribution in [2.45, 2.75) is 51.2 Å². The summed E-state index contributed by atoms with van der Waals surface area (Å²) in [5, 5.41) is 14.0. The number of hydrogen-bond acceptors (Lipinski definition) is 3. The standard InChI is InChI=1S/C17H22N2O2/c1-10-5-4-6-11-7-12-13(9-20)18-14(21)8-17(2,3)19(18)16(12)15(10)11/h4-6,12-13,16,20H,7-9H2,1-3H3. The highest BCUT2D eigenvalue weighted by molar-refractivity contribution is 5.80. The van der Waals surface area contributed by atoms with Gasteiger partial charge in [-0.15, -0.1) is 0 Å². The van der Waals surface area contributed by atoms with Crippen molar-refractivity contribution in [3.05, 3.63) is 34.9 Å². The van der Waals surface area contributed by atoms with Gasteiger partial charge in [0.2, 0.25) is 5.91 Å². The molecule has 3 atom stereocenters. The average Bonchev–Trinajstić information content (AvgIpc) is 2.98. The summed E-state index contributed by atoms with van der Waals surface area (Å²) >= 11 is 0. The molecular formula is C17H22N2O2. The molecule has 1 amide bonds. The van der Waals surface area contributed by atoms with Crippen molar-refractivity contribution in [1.29, 1.82) is 0 Å². The third kappa shape index (κ3) is 1.55. The van der Waals surface area contributed by atoms with E-state index in [1.54, 1.807) is 0 Å². The van der Waals surface area contributed by atoms with Gasteiger partial charge in [0.15, 0.2) is 0 Å². The third-order valence-corrected chi connectivity index (χ3v) is 5.52. The van der Waals surface area contributed by atoms with E-state index in [-0.39, 0.29) is 30.1 Å². The normalized spacial score (nSPS) is 33.2. The van der Waals surface area contributed by atoms with Crippen LogP contribution in [0.25, 0.3) is 0 Å². The first kappa shape index (κ1) is 13.3. The zero-order valence-electron chi connectivity index (χ0n) is 12.8. The number of hydrogen-bond donors (Lipinski definition) is 1. The predicted molar refractivity (Wildman–Crippen MR) is 79.4 cm³/mol. The fraction of sp³-hybridized carbons (Fsp3) is 0.588. The van der Waals surface area contributed by atoms with Crippen molar-refractivity contribution in [3.63, 3.8) is 0 Å². The molecule has 2 aliphatic heterocycles. The second kappa shape index (κ2) is 4.08. The lowest BCUT2D eigenvalue weighted by Crippen LogP contribution is -2.46. The van der Waals surface area contributed by atoms with Crippen LogP contribution < -0.4 is 0 Å². The minimum Gasteiger partial charge on any atom is -0.394 e. The summed E-state index contributed by atoms with van der Waals surface area (Å²) in [6, 6.07) is 6.63. The number of aryl methyl sites for hydroxylation is 1. The van der Waals surface area contributed by atoms with Crippen LogP contribution in [0.4, 0.5) is 0 Å². The number of rotatable bonds is 1. The SMILES string of the molecule is Cc1cccc2c1C1C(C2)C(CO)N2C(=O)CC(C)(C)N12. The van der Waals surface area contributed by atoms with Gasteiger partial charge in [-0.25, -0.2) is 5.01 Å². The lowest BCUT2D eigenvalue weighted by Gasteiger charge is -2.36. The fourth-order valence-corrected chi connectivity index (χ4v) is 4.77. The fourth-order valence-electron chi connectivity index (χ4n) is 4.77. The molecule has 0 spiro atoms. The topological polar surface area (TPSA) is 43.8 Å². The minimum absolute atomic E-state index is 0.0481. The minimum atomic E-state index is -0.173. The molecule has 2 heterocycles. The molecule has 21 heavy (non-hydrogen) atoms. The number of hydrazine groups is 1. The third-order valence-electron chi connectivity index (χ3n) is 5.52. The molecule has 1 aliphatic carbocycles. The predicted octanol–water partition coefficient (Wildman–Crippen LogP) is 1.81. The van der Waals surface area contributed by atoms with E-state index in [2.05, 4.69) is 44.0 Å². The summed E-state index contributed by atoms with van der Waals surface area (Å²) in [4.78, 5) is 12.4. The molecule has 1 aromatic rings. The van der Waals surface area contributed by atoms with Gasteiger partial charge in [-0.05, 0) is 43.9 Å². The highest BCUT2D eigenvalue weighted by atomic mass is 16.3. The van der Waals surface area contributed by atoms with Crippen molar-refractivity contribution < 1.29 is 9.90 Å². The number of carbonyl (C=O) groups excluding carboxylic acids is 1. The van der Waals surface area contributed by atoms with Gasteiger partial charge in [0.1, 0.15) is 0 Å². The Morgan fingerprint density at radius 2 is 2.14 bits per heavy atom.